The van der Waals surface area contributed by atoms with Crippen molar-refractivity contribution >= 4 is 11.8 Å². The molecular formula is C10H11F2N. The second-order valence-electron chi connectivity index (χ2n) is 2.94. The van der Waals surface area contributed by atoms with Crippen LogP contribution in [0.15, 0.2) is 24.8 Å². The maximum atomic E-state index is 12.8. The summed E-state index contributed by atoms with van der Waals surface area (Å²) in [6.45, 7) is 4.36. The lowest BCUT2D eigenvalue weighted by Gasteiger charge is -2.11. The molecular weight excluding hydrogens is 172 g/mol. The number of nitrogens with two attached hydrogens (primary N) is 1. The van der Waals surface area contributed by atoms with Gasteiger partial charge in [0.25, 0.3) is 5.92 Å². The summed E-state index contributed by atoms with van der Waals surface area (Å²) in [6, 6.07) is 4.17. The van der Waals surface area contributed by atoms with Gasteiger partial charge in [-0.25, -0.2) is 8.78 Å². The van der Waals surface area contributed by atoms with Crippen molar-refractivity contribution in [1.82, 2.24) is 0 Å². The van der Waals surface area contributed by atoms with E-state index in [4.69, 9.17) is 5.73 Å². The lowest BCUT2D eigenvalue weighted by molar-refractivity contribution is 0.0175. The normalized spacial score (nSPS) is 11.3. The van der Waals surface area contributed by atoms with Crippen molar-refractivity contribution in [3.8, 4) is 0 Å². The zero-order valence-corrected chi connectivity index (χ0v) is 7.35. The maximum Gasteiger partial charge on any atom is 0.270 e. The average molecular weight is 183 g/mol. The van der Waals surface area contributed by atoms with E-state index in [0.29, 0.717) is 11.3 Å². The van der Waals surface area contributed by atoms with Crippen LogP contribution in [-0.2, 0) is 5.92 Å². The van der Waals surface area contributed by atoms with Gasteiger partial charge in [-0.15, -0.1) is 0 Å². The Morgan fingerprint density at radius 3 is 2.46 bits per heavy atom. The molecule has 0 aromatic heterocycles. The van der Waals surface area contributed by atoms with E-state index in [0.717, 1.165) is 6.92 Å². The fraction of sp³-hybridized carbons (Fsp3) is 0.200. The predicted molar refractivity (Wildman–Crippen MR) is 50.5 cm³/mol. The van der Waals surface area contributed by atoms with Gasteiger partial charge in [-0.05, 0) is 11.6 Å². The second-order valence-corrected chi connectivity index (χ2v) is 2.94. The van der Waals surface area contributed by atoms with Crippen LogP contribution in [0, 0.1) is 0 Å². The molecule has 0 unspecified atom stereocenters. The summed E-state index contributed by atoms with van der Waals surface area (Å²) < 4.78 is 25.6. The Morgan fingerprint density at radius 2 is 2.08 bits per heavy atom. The van der Waals surface area contributed by atoms with Crippen molar-refractivity contribution in [1.29, 1.82) is 0 Å². The average Bonchev–Trinajstić information content (AvgIpc) is 2.02. The van der Waals surface area contributed by atoms with Gasteiger partial charge in [-0.2, -0.15) is 0 Å². The summed E-state index contributed by atoms with van der Waals surface area (Å²) in [5.41, 5.74) is 6.45. The first kappa shape index (κ1) is 9.71. The van der Waals surface area contributed by atoms with Crippen LogP contribution in [0.1, 0.15) is 18.1 Å². The molecule has 0 aliphatic carbocycles. The van der Waals surface area contributed by atoms with Gasteiger partial charge in [-0.3, -0.25) is 0 Å². The van der Waals surface area contributed by atoms with Crippen molar-refractivity contribution in [3.05, 3.63) is 35.9 Å². The minimum absolute atomic E-state index is 0.0735. The topological polar surface area (TPSA) is 26.0 Å². The molecule has 0 fully saturated rings. The quantitative estimate of drug-likeness (QED) is 0.701. The Balaban J connectivity index is 3.17. The minimum Gasteiger partial charge on any atom is -0.398 e. The van der Waals surface area contributed by atoms with Crippen LogP contribution >= 0.6 is 0 Å². The highest BCUT2D eigenvalue weighted by molar-refractivity contribution is 5.64. The van der Waals surface area contributed by atoms with Crippen LogP contribution in [0.4, 0.5) is 14.5 Å². The molecule has 1 nitrogen and oxygen atoms in total. The zero-order chi connectivity index (χ0) is 10.1. The molecule has 1 aromatic carbocycles. The molecule has 1 rings (SSSR count). The lowest BCUT2D eigenvalue weighted by atomic mass is 10.1. The molecule has 2 N–H and O–H groups in total. The minimum atomic E-state index is -2.84. The van der Waals surface area contributed by atoms with Crippen molar-refractivity contribution < 1.29 is 8.78 Å². The first-order valence-corrected chi connectivity index (χ1v) is 3.85. The highest BCUT2D eigenvalue weighted by atomic mass is 19.3. The van der Waals surface area contributed by atoms with Gasteiger partial charge in [0.2, 0.25) is 0 Å². The lowest BCUT2D eigenvalue weighted by Crippen LogP contribution is -2.07. The summed E-state index contributed by atoms with van der Waals surface area (Å²) in [4.78, 5) is 0. The number of alkyl halides is 2. The van der Waals surface area contributed by atoms with Gasteiger partial charge in [-0.1, -0.05) is 24.8 Å². The number of anilines is 1. The van der Waals surface area contributed by atoms with Crippen LogP contribution < -0.4 is 5.73 Å². The molecule has 1 aromatic rings. The molecule has 0 saturated heterocycles. The molecule has 3 heteroatoms. The standard InChI is InChI=1S/C10H11F2N/c1-3-7-4-5-8(6-9(7)13)10(2,11)12/h3-6H,1,13H2,2H3. The van der Waals surface area contributed by atoms with Crippen LogP contribution in [0.2, 0.25) is 0 Å². The number of benzene rings is 1. The number of rotatable bonds is 2. The van der Waals surface area contributed by atoms with Gasteiger partial charge in [0.15, 0.2) is 0 Å². The second kappa shape index (κ2) is 3.17. The molecule has 0 spiro atoms. The van der Waals surface area contributed by atoms with E-state index in [-0.39, 0.29) is 5.56 Å². The molecule has 0 heterocycles. The van der Waals surface area contributed by atoms with Crippen LogP contribution in [0.3, 0.4) is 0 Å². The van der Waals surface area contributed by atoms with E-state index < -0.39 is 5.92 Å². The summed E-state index contributed by atoms with van der Waals surface area (Å²) >= 11 is 0. The van der Waals surface area contributed by atoms with Gasteiger partial charge in [0, 0.05) is 18.2 Å². The Morgan fingerprint density at radius 1 is 1.46 bits per heavy atom. The molecule has 0 saturated carbocycles. The Labute approximate surface area is 75.9 Å². The van der Waals surface area contributed by atoms with Crippen LogP contribution in [0.5, 0.6) is 0 Å². The SMILES string of the molecule is C=Cc1ccc(C(C)(F)F)cc1N. The highest BCUT2D eigenvalue weighted by Gasteiger charge is 2.24. The van der Waals surface area contributed by atoms with E-state index in [1.54, 1.807) is 0 Å². The number of halogens is 2. The predicted octanol–water partition coefficient (Wildman–Crippen LogP) is 3.02. The van der Waals surface area contributed by atoms with E-state index in [9.17, 15) is 8.78 Å². The highest BCUT2D eigenvalue weighted by Crippen LogP contribution is 2.29. The first-order valence-electron chi connectivity index (χ1n) is 3.85. The van der Waals surface area contributed by atoms with Crippen molar-refractivity contribution in [2.75, 3.05) is 5.73 Å². The molecule has 70 valence electrons. The molecule has 0 radical (unpaired) electrons. The summed E-state index contributed by atoms with van der Waals surface area (Å²) in [6.07, 6.45) is 1.53. The van der Waals surface area contributed by atoms with Crippen molar-refractivity contribution in [2.24, 2.45) is 0 Å². The third-order valence-corrected chi connectivity index (χ3v) is 1.81. The third kappa shape index (κ3) is 2.05. The number of hydrogen-bond donors (Lipinski definition) is 1. The molecule has 0 bridgehead atoms. The summed E-state index contributed by atoms with van der Waals surface area (Å²) in [5.74, 6) is -2.84. The molecule has 0 aliphatic rings. The molecule has 13 heavy (non-hydrogen) atoms. The number of nitrogen functional groups attached to an aromatic ring is 1. The maximum absolute atomic E-state index is 12.8. The van der Waals surface area contributed by atoms with Gasteiger partial charge >= 0.3 is 0 Å². The van der Waals surface area contributed by atoms with Crippen LogP contribution in [-0.4, -0.2) is 0 Å². The fourth-order valence-electron chi connectivity index (χ4n) is 1.03. The van der Waals surface area contributed by atoms with Gasteiger partial charge < -0.3 is 5.73 Å². The fourth-order valence-corrected chi connectivity index (χ4v) is 1.03. The van der Waals surface area contributed by atoms with E-state index in [2.05, 4.69) is 6.58 Å². The van der Waals surface area contributed by atoms with E-state index >= 15 is 0 Å². The molecule has 0 atom stereocenters. The first-order chi connectivity index (χ1) is 5.95. The third-order valence-electron chi connectivity index (χ3n) is 1.81. The number of hydrogen-bond acceptors (Lipinski definition) is 1. The van der Waals surface area contributed by atoms with E-state index in [1.807, 2.05) is 0 Å². The molecule has 0 aliphatic heterocycles. The van der Waals surface area contributed by atoms with Gasteiger partial charge in [0.05, 0.1) is 0 Å². The summed E-state index contributed by atoms with van der Waals surface area (Å²) in [5, 5.41) is 0. The van der Waals surface area contributed by atoms with E-state index in [1.165, 1.54) is 24.3 Å². The molecule has 0 amide bonds. The largest absolute Gasteiger partial charge is 0.398 e. The van der Waals surface area contributed by atoms with Crippen LogP contribution in [0.25, 0.3) is 6.08 Å². The monoisotopic (exact) mass is 183 g/mol. The zero-order valence-electron chi connectivity index (χ0n) is 7.35. The Hall–Kier alpha value is -1.38. The summed E-state index contributed by atoms with van der Waals surface area (Å²) in [7, 11) is 0. The van der Waals surface area contributed by atoms with Gasteiger partial charge in [0.1, 0.15) is 0 Å². The Kier molecular flexibility index (Phi) is 2.36. The van der Waals surface area contributed by atoms with Crippen molar-refractivity contribution in [3.63, 3.8) is 0 Å². The smallest absolute Gasteiger partial charge is 0.270 e. The van der Waals surface area contributed by atoms with Crippen molar-refractivity contribution in [2.45, 2.75) is 12.8 Å². The Bertz CT molecular complexity index is 326.